The molecule has 0 aliphatic carbocycles. The molecule has 6 heteroatoms. The number of aliphatic carboxylic acids is 1. The highest BCUT2D eigenvalue weighted by atomic mass is 16.4. The number of nitrogens with zero attached hydrogens (tertiary/aromatic N) is 1. The zero-order valence-corrected chi connectivity index (χ0v) is 9.19. The summed E-state index contributed by atoms with van der Waals surface area (Å²) in [4.78, 5) is 23.8. The van der Waals surface area contributed by atoms with Crippen LogP contribution in [-0.4, -0.2) is 59.3 Å². The first kappa shape index (κ1) is 12.9. The number of carbonyl (C=O) groups excluding carboxylic acids is 1. The molecule has 16 heavy (non-hydrogen) atoms. The van der Waals surface area contributed by atoms with Crippen LogP contribution in [0.4, 0.5) is 0 Å². The molecule has 0 aromatic rings. The lowest BCUT2D eigenvalue weighted by atomic mass is 10.1. The minimum Gasteiger partial charge on any atom is -0.480 e. The van der Waals surface area contributed by atoms with Crippen LogP contribution in [0.2, 0.25) is 0 Å². The van der Waals surface area contributed by atoms with Crippen LogP contribution < -0.4 is 5.32 Å². The van der Waals surface area contributed by atoms with Gasteiger partial charge >= 0.3 is 5.97 Å². The summed E-state index contributed by atoms with van der Waals surface area (Å²) in [6, 6.07) is -0.619. The minimum atomic E-state index is -0.901. The fourth-order valence-electron chi connectivity index (χ4n) is 1.77. The first-order valence-electron chi connectivity index (χ1n) is 5.49. The van der Waals surface area contributed by atoms with Crippen LogP contribution >= 0.6 is 0 Å². The third-order valence-electron chi connectivity index (χ3n) is 2.67. The fraction of sp³-hybridized carbons (Fsp3) is 0.800. The van der Waals surface area contributed by atoms with Crippen molar-refractivity contribution in [3.8, 4) is 0 Å². The van der Waals surface area contributed by atoms with E-state index < -0.39 is 12.0 Å². The number of carboxylic acid groups (broad SMARTS) is 1. The lowest BCUT2D eigenvalue weighted by Gasteiger charge is -2.32. The quantitative estimate of drug-likeness (QED) is 0.511. The second-order valence-electron chi connectivity index (χ2n) is 3.91. The molecule has 1 fully saturated rings. The van der Waals surface area contributed by atoms with E-state index in [0.717, 1.165) is 19.3 Å². The molecule has 1 amide bonds. The molecular formula is C10H18N2O4. The van der Waals surface area contributed by atoms with Crippen LogP contribution in [0.3, 0.4) is 0 Å². The van der Waals surface area contributed by atoms with Crippen molar-refractivity contribution in [1.82, 2.24) is 10.2 Å². The number of carboxylic acids is 1. The molecule has 1 heterocycles. The van der Waals surface area contributed by atoms with Gasteiger partial charge in [0.15, 0.2) is 0 Å². The van der Waals surface area contributed by atoms with Gasteiger partial charge in [0, 0.05) is 13.2 Å². The number of hydrogen-bond donors (Lipinski definition) is 3. The van der Waals surface area contributed by atoms with Crippen LogP contribution in [0.25, 0.3) is 0 Å². The number of aliphatic hydroxyl groups excluding tert-OH is 1. The lowest BCUT2D eigenvalue weighted by Crippen LogP contribution is -2.57. The Balaban J connectivity index is 2.38. The molecule has 0 bridgehead atoms. The maximum atomic E-state index is 11.1. The first-order chi connectivity index (χ1) is 7.65. The number of piperazine rings is 1. The van der Waals surface area contributed by atoms with Crippen molar-refractivity contribution in [3.63, 3.8) is 0 Å². The molecule has 1 atom stereocenters. The molecule has 0 spiro atoms. The Morgan fingerprint density at radius 1 is 1.44 bits per heavy atom. The third-order valence-corrected chi connectivity index (χ3v) is 2.67. The second-order valence-corrected chi connectivity index (χ2v) is 3.91. The highest BCUT2D eigenvalue weighted by molar-refractivity contribution is 5.83. The van der Waals surface area contributed by atoms with Crippen LogP contribution in [0.1, 0.15) is 19.3 Å². The Kier molecular flexibility index (Phi) is 5.21. The van der Waals surface area contributed by atoms with Gasteiger partial charge in [0.1, 0.15) is 6.04 Å². The molecule has 1 saturated heterocycles. The largest absolute Gasteiger partial charge is 0.480 e. The molecule has 1 unspecified atom stereocenters. The second kappa shape index (κ2) is 6.44. The first-order valence-corrected chi connectivity index (χ1v) is 5.49. The summed E-state index contributed by atoms with van der Waals surface area (Å²) < 4.78 is 0. The topological polar surface area (TPSA) is 89.9 Å². The van der Waals surface area contributed by atoms with E-state index in [9.17, 15) is 9.59 Å². The third kappa shape index (κ3) is 3.79. The van der Waals surface area contributed by atoms with E-state index in [0.29, 0.717) is 6.54 Å². The van der Waals surface area contributed by atoms with Gasteiger partial charge in [0.05, 0.1) is 6.54 Å². The number of carbonyl (C=O) groups is 2. The van der Waals surface area contributed by atoms with E-state index in [1.54, 1.807) is 4.90 Å². The van der Waals surface area contributed by atoms with Gasteiger partial charge in [0.2, 0.25) is 5.91 Å². The van der Waals surface area contributed by atoms with E-state index in [2.05, 4.69) is 5.32 Å². The van der Waals surface area contributed by atoms with Gasteiger partial charge in [0.25, 0.3) is 0 Å². The highest BCUT2D eigenvalue weighted by Gasteiger charge is 2.31. The van der Waals surface area contributed by atoms with Crippen LogP contribution in [0.5, 0.6) is 0 Å². The van der Waals surface area contributed by atoms with Gasteiger partial charge in [-0.3, -0.25) is 14.5 Å². The SMILES string of the molecule is O=C1CN(CCCCCO)C(C(=O)O)CN1. The number of rotatable bonds is 6. The summed E-state index contributed by atoms with van der Waals surface area (Å²) in [5.41, 5.74) is 0. The van der Waals surface area contributed by atoms with Crippen molar-refractivity contribution < 1.29 is 19.8 Å². The normalized spacial score (nSPS) is 21.8. The summed E-state index contributed by atoms with van der Waals surface area (Å²) in [7, 11) is 0. The standard InChI is InChI=1S/C10H18N2O4/c13-5-3-1-2-4-12-7-9(14)11-6-8(12)10(15)16/h8,13H,1-7H2,(H,11,14)(H,15,16). The molecule has 3 N–H and O–H groups in total. The summed E-state index contributed by atoms with van der Waals surface area (Å²) in [6.45, 7) is 1.07. The van der Waals surface area contributed by atoms with Crippen molar-refractivity contribution in [2.45, 2.75) is 25.3 Å². The summed E-state index contributed by atoms with van der Waals surface area (Å²) in [5.74, 6) is -1.03. The smallest absolute Gasteiger partial charge is 0.322 e. The van der Waals surface area contributed by atoms with E-state index in [4.69, 9.17) is 10.2 Å². The monoisotopic (exact) mass is 230 g/mol. The van der Waals surface area contributed by atoms with E-state index in [1.165, 1.54) is 0 Å². The van der Waals surface area contributed by atoms with Crippen molar-refractivity contribution >= 4 is 11.9 Å². The van der Waals surface area contributed by atoms with Crippen LogP contribution in [0, 0.1) is 0 Å². The van der Waals surface area contributed by atoms with Crippen molar-refractivity contribution in [2.75, 3.05) is 26.2 Å². The maximum absolute atomic E-state index is 11.1. The van der Waals surface area contributed by atoms with Gasteiger partial charge in [-0.1, -0.05) is 0 Å². The summed E-state index contributed by atoms with van der Waals surface area (Å²) >= 11 is 0. The average Bonchev–Trinajstić information content (AvgIpc) is 2.24. The molecule has 1 aliphatic rings. The molecule has 1 aliphatic heterocycles. The molecular weight excluding hydrogens is 212 g/mol. The maximum Gasteiger partial charge on any atom is 0.322 e. The molecule has 6 nitrogen and oxygen atoms in total. The average molecular weight is 230 g/mol. The van der Waals surface area contributed by atoms with Crippen molar-refractivity contribution in [3.05, 3.63) is 0 Å². The molecule has 92 valence electrons. The number of hydrogen-bond acceptors (Lipinski definition) is 4. The summed E-state index contributed by atoms with van der Waals surface area (Å²) in [6.07, 6.45) is 2.37. The van der Waals surface area contributed by atoms with Crippen LogP contribution in [0.15, 0.2) is 0 Å². The van der Waals surface area contributed by atoms with Gasteiger partial charge in [-0.2, -0.15) is 0 Å². The Hall–Kier alpha value is -1.14. The molecule has 0 saturated carbocycles. The number of nitrogens with one attached hydrogen (secondary N) is 1. The predicted molar refractivity (Wildman–Crippen MR) is 56.9 cm³/mol. The van der Waals surface area contributed by atoms with Crippen molar-refractivity contribution in [2.24, 2.45) is 0 Å². The highest BCUT2D eigenvalue weighted by Crippen LogP contribution is 2.07. The van der Waals surface area contributed by atoms with Gasteiger partial charge in [-0.25, -0.2) is 0 Å². The number of amides is 1. The molecule has 0 aromatic carbocycles. The van der Waals surface area contributed by atoms with Crippen LogP contribution in [-0.2, 0) is 9.59 Å². The Morgan fingerprint density at radius 2 is 2.19 bits per heavy atom. The number of aliphatic hydroxyl groups is 1. The van der Waals surface area contributed by atoms with E-state index in [1.807, 2.05) is 0 Å². The Morgan fingerprint density at radius 3 is 2.81 bits per heavy atom. The molecule has 0 radical (unpaired) electrons. The van der Waals surface area contributed by atoms with E-state index >= 15 is 0 Å². The summed E-state index contributed by atoms with van der Waals surface area (Å²) in [5, 5.41) is 20.1. The predicted octanol–water partition coefficient (Wildman–Crippen LogP) is -0.966. The molecule has 0 aromatic heterocycles. The Bertz CT molecular complexity index is 257. The minimum absolute atomic E-state index is 0.125. The fourth-order valence-corrected chi connectivity index (χ4v) is 1.77. The Labute approximate surface area is 94.2 Å². The van der Waals surface area contributed by atoms with Gasteiger partial charge in [-0.15, -0.1) is 0 Å². The lowest BCUT2D eigenvalue weighted by molar-refractivity contribution is -0.146. The van der Waals surface area contributed by atoms with Gasteiger partial charge < -0.3 is 15.5 Å². The molecule has 1 rings (SSSR count). The zero-order valence-electron chi connectivity index (χ0n) is 9.19. The number of unbranched alkanes of at least 4 members (excludes halogenated alkanes) is 2. The zero-order chi connectivity index (χ0) is 12.0. The van der Waals surface area contributed by atoms with Gasteiger partial charge in [-0.05, 0) is 25.8 Å². The van der Waals surface area contributed by atoms with E-state index in [-0.39, 0.29) is 25.6 Å². The van der Waals surface area contributed by atoms with Crippen molar-refractivity contribution in [1.29, 1.82) is 0 Å².